The monoisotopic (exact) mass is 328 g/mol. The van der Waals surface area contributed by atoms with E-state index < -0.39 is 21.3 Å². The second-order valence-electron chi connectivity index (χ2n) is 5.35. The van der Waals surface area contributed by atoms with Gasteiger partial charge in [-0.2, -0.15) is 5.26 Å². The first-order valence-electron chi connectivity index (χ1n) is 6.80. The first kappa shape index (κ1) is 16.8. The Bertz CT molecular complexity index is 679. The molecular formula is C14H17FN2O4S. The molecule has 6 nitrogen and oxygen atoms in total. The molecule has 0 aliphatic carbocycles. The van der Waals surface area contributed by atoms with Crippen molar-refractivity contribution in [3.8, 4) is 6.07 Å². The second kappa shape index (κ2) is 6.71. The van der Waals surface area contributed by atoms with Gasteiger partial charge < -0.3 is 9.84 Å². The lowest BCUT2D eigenvalue weighted by Gasteiger charge is -2.26. The van der Waals surface area contributed by atoms with Gasteiger partial charge in [0, 0.05) is 25.2 Å². The highest BCUT2D eigenvalue weighted by molar-refractivity contribution is 7.89. The van der Waals surface area contributed by atoms with E-state index in [1.807, 2.05) is 0 Å². The quantitative estimate of drug-likeness (QED) is 0.803. The molecule has 1 heterocycles. The molecule has 2 N–H and O–H groups in total. The van der Waals surface area contributed by atoms with Crippen LogP contribution in [0.15, 0.2) is 23.1 Å². The van der Waals surface area contributed by atoms with Crippen LogP contribution in [0.25, 0.3) is 0 Å². The maximum absolute atomic E-state index is 13.3. The minimum Gasteiger partial charge on any atom is -0.396 e. The number of sulfonamides is 1. The summed E-state index contributed by atoms with van der Waals surface area (Å²) in [5.41, 5.74) is -0.753. The van der Waals surface area contributed by atoms with Crippen molar-refractivity contribution in [1.29, 1.82) is 5.26 Å². The zero-order chi connectivity index (χ0) is 16.2. The summed E-state index contributed by atoms with van der Waals surface area (Å²) in [6.07, 6.45) is 1.09. The molecule has 1 aromatic rings. The summed E-state index contributed by atoms with van der Waals surface area (Å²) in [4.78, 5) is -0.163. The summed E-state index contributed by atoms with van der Waals surface area (Å²) in [5, 5.41) is 17.9. The fourth-order valence-electron chi connectivity index (χ4n) is 2.40. The van der Waals surface area contributed by atoms with Crippen LogP contribution < -0.4 is 4.72 Å². The van der Waals surface area contributed by atoms with Gasteiger partial charge in [-0.1, -0.05) is 0 Å². The molecule has 0 amide bonds. The van der Waals surface area contributed by atoms with Gasteiger partial charge in [0.15, 0.2) is 0 Å². The SMILES string of the molecule is N#Cc1cc(S(=O)(=O)NC[C@@]2(CCO)CCOC2)ccc1F. The van der Waals surface area contributed by atoms with Crippen molar-refractivity contribution in [1.82, 2.24) is 4.72 Å². The second-order valence-corrected chi connectivity index (χ2v) is 7.12. The standard InChI is InChI=1S/C14H17FN2O4S/c15-13-2-1-12(7-11(13)8-16)22(19,20)17-9-14(3-5-18)4-6-21-10-14/h1-2,7,17-18H,3-6,9-10H2/t14-/m1/s1. The molecule has 0 spiro atoms. The van der Waals surface area contributed by atoms with Gasteiger partial charge in [0.25, 0.3) is 0 Å². The van der Waals surface area contributed by atoms with Crippen molar-refractivity contribution in [2.45, 2.75) is 17.7 Å². The predicted molar refractivity (Wildman–Crippen MR) is 75.9 cm³/mol. The van der Waals surface area contributed by atoms with Crippen LogP contribution in [0.5, 0.6) is 0 Å². The summed E-state index contributed by atoms with van der Waals surface area (Å²) in [6.45, 7) is 0.967. The van der Waals surface area contributed by atoms with E-state index in [1.54, 1.807) is 6.07 Å². The molecule has 1 aliphatic heterocycles. The number of rotatable bonds is 6. The summed E-state index contributed by atoms with van der Waals surface area (Å²) in [6, 6.07) is 4.68. The lowest BCUT2D eigenvalue weighted by molar-refractivity contribution is 0.128. The summed E-state index contributed by atoms with van der Waals surface area (Å²) >= 11 is 0. The Balaban J connectivity index is 2.16. The van der Waals surface area contributed by atoms with E-state index in [0.29, 0.717) is 26.1 Å². The van der Waals surface area contributed by atoms with E-state index in [9.17, 15) is 12.8 Å². The van der Waals surface area contributed by atoms with Gasteiger partial charge in [-0.15, -0.1) is 0 Å². The Morgan fingerprint density at radius 2 is 2.27 bits per heavy atom. The molecule has 120 valence electrons. The number of ether oxygens (including phenoxy) is 1. The van der Waals surface area contributed by atoms with Gasteiger partial charge in [-0.05, 0) is 31.0 Å². The normalized spacial score (nSPS) is 21.7. The van der Waals surface area contributed by atoms with Crippen molar-refractivity contribution >= 4 is 10.0 Å². The first-order chi connectivity index (χ1) is 10.4. The van der Waals surface area contributed by atoms with E-state index in [4.69, 9.17) is 15.1 Å². The zero-order valence-electron chi connectivity index (χ0n) is 11.9. The zero-order valence-corrected chi connectivity index (χ0v) is 12.7. The van der Waals surface area contributed by atoms with Crippen molar-refractivity contribution in [2.75, 3.05) is 26.4 Å². The molecule has 0 bridgehead atoms. The number of aliphatic hydroxyl groups is 1. The fraction of sp³-hybridized carbons (Fsp3) is 0.500. The van der Waals surface area contributed by atoms with Crippen LogP contribution in [0.3, 0.4) is 0 Å². The summed E-state index contributed by atoms with van der Waals surface area (Å²) < 4.78 is 45.6. The van der Waals surface area contributed by atoms with Gasteiger partial charge in [-0.3, -0.25) is 0 Å². The van der Waals surface area contributed by atoms with Crippen molar-refractivity contribution < 1.29 is 22.7 Å². The highest BCUT2D eigenvalue weighted by Crippen LogP contribution is 2.31. The van der Waals surface area contributed by atoms with E-state index >= 15 is 0 Å². The molecule has 1 aromatic carbocycles. The maximum atomic E-state index is 13.3. The molecule has 0 aromatic heterocycles. The van der Waals surface area contributed by atoms with E-state index in [2.05, 4.69) is 4.72 Å². The van der Waals surface area contributed by atoms with Crippen molar-refractivity contribution in [2.24, 2.45) is 5.41 Å². The number of hydrogen-bond donors (Lipinski definition) is 2. The van der Waals surface area contributed by atoms with Crippen LogP contribution in [0.2, 0.25) is 0 Å². The van der Waals surface area contributed by atoms with Gasteiger partial charge in [0.05, 0.1) is 17.1 Å². The number of nitrogens with zero attached hydrogens (tertiary/aromatic N) is 1. The van der Waals surface area contributed by atoms with E-state index in [-0.39, 0.29) is 23.6 Å². The predicted octanol–water partition coefficient (Wildman–Crippen LogP) is 0.765. The van der Waals surface area contributed by atoms with Crippen LogP contribution in [0.4, 0.5) is 4.39 Å². The smallest absolute Gasteiger partial charge is 0.240 e. The van der Waals surface area contributed by atoms with Crippen LogP contribution in [-0.4, -0.2) is 39.9 Å². The Kier molecular flexibility index (Phi) is 5.13. The van der Waals surface area contributed by atoms with Crippen LogP contribution in [-0.2, 0) is 14.8 Å². The Morgan fingerprint density at radius 1 is 1.50 bits per heavy atom. The van der Waals surface area contributed by atoms with Crippen molar-refractivity contribution in [3.63, 3.8) is 0 Å². The molecule has 1 aliphatic rings. The third-order valence-electron chi connectivity index (χ3n) is 3.83. The number of halogens is 1. The summed E-state index contributed by atoms with van der Waals surface area (Å²) in [7, 11) is -3.86. The first-order valence-corrected chi connectivity index (χ1v) is 8.29. The number of aliphatic hydroxyl groups excluding tert-OH is 1. The lowest BCUT2D eigenvalue weighted by atomic mass is 9.84. The van der Waals surface area contributed by atoms with Crippen molar-refractivity contribution in [3.05, 3.63) is 29.6 Å². The highest BCUT2D eigenvalue weighted by atomic mass is 32.2. The van der Waals surface area contributed by atoms with E-state index in [1.165, 1.54) is 0 Å². The lowest BCUT2D eigenvalue weighted by Crippen LogP contribution is -2.38. The molecule has 0 radical (unpaired) electrons. The topological polar surface area (TPSA) is 99.4 Å². The Labute approximate surface area is 128 Å². The Hall–Kier alpha value is -1.53. The molecule has 0 unspecified atom stereocenters. The third kappa shape index (κ3) is 3.62. The summed E-state index contributed by atoms with van der Waals surface area (Å²) in [5.74, 6) is -0.762. The van der Waals surface area contributed by atoms with Gasteiger partial charge >= 0.3 is 0 Å². The largest absolute Gasteiger partial charge is 0.396 e. The molecule has 0 saturated carbocycles. The maximum Gasteiger partial charge on any atom is 0.240 e. The van der Waals surface area contributed by atoms with Gasteiger partial charge in [0.1, 0.15) is 11.9 Å². The molecule has 22 heavy (non-hydrogen) atoms. The number of benzene rings is 1. The fourth-order valence-corrected chi connectivity index (χ4v) is 3.58. The third-order valence-corrected chi connectivity index (χ3v) is 5.23. The molecule has 1 atom stereocenters. The van der Waals surface area contributed by atoms with Crippen LogP contribution in [0, 0.1) is 22.6 Å². The molecule has 2 rings (SSSR count). The average molecular weight is 328 g/mol. The molecular weight excluding hydrogens is 311 g/mol. The number of nitrogens with one attached hydrogen (secondary N) is 1. The van der Waals surface area contributed by atoms with Crippen LogP contribution >= 0.6 is 0 Å². The molecule has 8 heteroatoms. The average Bonchev–Trinajstić information content (AvgIpc) is 2.95. The highest BCUT2D eigenvalue weighted by Gasteiger charge is 2.35. The number of hydrogen-bond acceptors (Lipinski definition) is 5. The van der Waals surface area contributed by atoms with Gasteiger partial charge in [0.2, 0.25) is 10.0 Å². The number of nitriles is 1. The molecule has 1 saturated heterocycles. The Morgan fingerprint density at radius 3 is 2.86 bits per heavy atom. The molecule has 1 fully saturated rings. The van der Waals surface area contributed by atoms with Crippen LogP contribution in [0.1, 0.15) is 18.4 Å². The minimum atomic E-state index is -3.86. The van der Waals surface area contributed by atoms with Gasteiger partial charge in [-0.25, -0.2) is 17.5 Å². The minimum absolute atomic E-state index is 0.0553. The van der Waals surface area contributed by atoms with E-state index in [0.717, 1.165) is 18.2 Å².